The second-order valence-electron chi connectivity index (χ2n) is 3.85. The van der Waals surface area contributed by atoms with Crippen LogP contribution in [0.4, 0.5) is 0 Å². The first-order valence-electron chi connectivity index (χ1n) is 4.98. The molecule has 0 aromatic carbocycles. The van der Waals surface area contributed by atoms with E-state index in [-0.39, 0.29) is 12.5 Å². The lowest BCUT2D eigenvalue weighted by Gasteiger charge is -2.15. The van der Waals surface area contributed by atoms with E-state index in [4.69, 9.17) is 0 Å². The molecule has 0 fully saturated rings. The summed E-state index contributed by atoms with van der Waals surface area (Å²) in [5, 5.41) is 2.64. The minimum atomic E-state index is -0.973. The predicted octanol–water partition coefficient (Wildman–Crippen LogP) is -0.610. The molecule has 6 heteroatoms. The molecule has 0 aromatic heterocycles. The minimum Gasteiger partial charge on any atom is -0.462 e. The molecule has 0 unspecified atom stereocenters. The third-order valence-electron chi connectivity index (χ3n) is 1.79. The van der Waals surface area contributed by atoms with Gasteiger partial charge in [0, 0.05) is 13.6 Å². The van der Waals surface area contributed by atoms with Gasteiger partial charge in [0.25, 0.3) is 0 Å². The Kier molecular flexibility index (Phi) is 6.14. The number of methoxy groups -OCH3 is 1. The van der Waals surface area contributed by atoms with Crippen LogP contribution in [0, 0.1) is 5.92 Å². The molecule has 0 radical (unpaired) electrons. The van der Waals surface area contributed by atoms with Gasteiger partial charge in [0.05, 0.1) is 13.7 Å². The van der Waals surface area contributed by atoms with Crippen LogP contribution in [-0.2, 0) is 19.1 Å². The molecule has 0 aliphatic heterocycles. The van der Waals surface area contributed by atoms with Crippen molar-refractivity contribution in [2.24, 2.45) is 5.92 Å². The molecule has 0 aromatic rings. The maximum Gasteiger partial charge on any atom is 0.396 e. The Morgan fingerprint density at radius 3 is 2.31 bits per heavy atom. The molecule has 0 heterocycles. The Morgan fingerprint density at radius 2 is 1.88 bits per heavy atom. The Morgan fingerprint density at radius 1 is 1.31 bits per heavy atom. The second-order valence-corrected chi connectivity index (χ2v) is 3.85. The van der Waals surface area contributed by atoms with E-state index in [1.807, 2.05) is 13.8 Å². The van der Waals surface area contributed by atoms with Crippen LogP contribution in [0.2, 0.25) is 0 Å². The fourth-order valence-electron chi connectivity index (χ4n) is 0.904. The van der Waals surface area contributed by atoms with Crippen LogP contribution in [0.15, 0.2) is 0 Å². The molecule has 0 aliphatic carbocycles. The first-order valence-corrected chi connectivity index (χ1v) is 4.98. The lowest BCUT2D eigenvalue weighted by atomic mass is 10.2. The van der Waals surface area contributed by atoms with E-state index in [1.54, 1.807) is 0 Å². The van der Waals surface area contributed by atoms with Crippen molar-refractivity contribution in [2.45, 2.75) is 13.8 Å². The first kappa shape index (κ1) is 14.4. The molecule has 0 saturated carbocycles. The Balaban J connectivity index is 4.04. The number of nitrogens with one attached hydrogen (secondary N) is 1. The number of carbonyl (C=O) groups excluding carboxylic acids is 3. The maximum atomic E-state index is 11.3. The molecule has 0 atom stereocenters. The van der Waals surface area contributed by atoms with Gasteiger partial charge in [-0.25, -0.2) is 4.79 Å². The van der Waals surface area contributed by atoms with Gasteiger partial charge in [-0.2, -0.15) is 0 Å². The Bertz CT molecular complexity index is 276. The van der Waals surface area contributed by atoms with E-state index in [2.05, 4.69) is 10.1 Å². The van der Waals surface area contributed by atoms with Crippen molar-refractivity contribution >= 4 is 17.8 Å². The number of likely N-dealkylation sites (N-methyl/N-ethyl adjacent to an activating group) is 1. The van der Waals surface area contributed by atoms with Crippen LogP contribution in [0.1, 0.15) is 13.8 Å². The zero-order valence-electron chi connectivity index (χ0n) is 10.1. The Hall–Kier alpha value is -1.59. The summed E-state index contributed by atoms with van der Waals surface area (Å²) in [6, 6.07) is 0. The molecular formula is C10H18N2O4. The highest BCUT2D eigenvalue weighted by molar-refractivity contribution is 6.32. The lowest BCUT2D eigenvalue weighted by Crippen LogP contribution is -2.42. The molecule has 16 heavy (non-hydrogen) atoms. The van der Waals surface area contributed by atoms with E-state index in [9.17, 15) is 14.4 Å². The summed E-state index contributed by atoms with van der Waals surface area (Å²) in [6.07, 6.45) is 0. The average molecular weight is 230 g/mol. The zero-order valence-corrected chi connectivity index (χ0v) is 10.1. The SMILES string of the molecule is COC(=O)C(=O)N(C)CC(=O)NCC(C)C. The highest BCUT2D eigenvalue weighted by Gasteiger charge is 2.20. The van der Waals surface area contributed by atoms with E-state index in [1.165, 1.54) is 7.05 Å². The van der Waals surface area contributed by atoms with Crippen LogP contribution in [0.25, 0.3) is 0 Å². The van der Waals surface area contributed by atoms with Gasteiger partial charge in [0.2, 0.25) is 5.91 Å². The summed E-state index contributed by atoms with van der Waals surface area (Å²) in [5.41, 5.74) is 0. The summed E-state index contributed by atoms with van der Waals surface area (Å²) in [5.74, 6) is -1.76. The van der Waals surface area contributed by atoms with Gasteiger partial charge < -0.3 is 15.0 Å². The smallest absolute Gasteiger partial charge is 0.396 e. The van der Waals surface area contributed by atoms with Crippen molar-refractivity contribution in [3.63, 3.8) is 0 Å². The molecule has 0 bridgehead atoms. The van der Waals surface area contributed by atoms with Crippen LogP contribution in [0.3, 0.4) is 0 Å². The molecule has 2 amide bonds. The largest absolute Gasteiger partial charge is 0.462 e. The standard InChI is InChI=1S/C10H18N2O4/c1-7(2)5-11-8(13)6-12(3)9(14)10(15)16-4/h7H,5-6H2,1-4H3,(H,11,13). The minimum absolute atomic E-state index is 0.152. The monoisotopic (exact) mass is 230 g/mol. The van der Waals surface area contributed by atoms with Crippen molar-refractivity contribution in [1.29, 1.82) is 0 Å². The van der Waals surface area contributed by atoms with Gasteiger partial charge in [0.15, 0.2) is 0 Å². The van der Waals surface area contributed by atoms with E-state index >= 15 is 0 Å². The number of hydrogen-bond acceptors (Lipinski definition) is 4. The predicted molar refractivity (Wildman–Crippen MR) is 57.5 cm³/mol. The van der Waals surface area contributed by atoms with Crippen molar-refractivity contribution in [2.75, 3.05) is 27.2 Å². The quantitative estimate of drug-likeness (QED) is 0.516. The number of carbonyl (C=O) groups is 3. The molecule has 0 rings (SSSR count). The number of esters is 1. The van der Waals surface area contributed by atoms with Crippen LogP contribution in [0.5, 0.6) is 0 Å². The van der Waals surface area contributed by atoms with E-state index in [0.717, 1.165) is 12.0 Å². The van der Waals surface area contributed by atoms with Crippen LogP contribution in [-0.4, -0.2) is 49.9 Å². The second kappa shape index (κ2) is 6.81. The third kappa shape index (κ3) is 5.33. The number of hydrogen-bond donors (Lipinski definition) is 1. The summed E-state index contributed by atoms with van der Waals surface area (Å²) < 4.78 is 4.25. The third-order valence-corrected chi connectivity index (χ3v) is 1.79. The van der Waals surface area contributed by atoms with Crippen molar-refractivity contribution < 1.29 is 19.1 Å². The highest BCUT2D eigenvalue weighted by Crippen LogP contribution is 1.90. The molecule has 0 saturated heterocycles. The van der Waals surface area contributed by atoms with Crippen molar-refractivity contribution in [3.05, 3.63) is 0 Å². The fourth-order valence-corrected chi connectivity index (χ4v) is 0.904. The first-order chi connectivity index (χ1) is 7.38. The van der Waals surface area contributed by atoms with Gasteiger partial charge in [0.1, 0.15) is 0 Å². The van der Waals surface area contributed by atoms with Crippen LogP contribution >= 0.6 is 0 Å². The zero-order chi connectivity index (χ0) is 12.7. The van der Waals surface area contributed by atoms with Crippen molar-refractivity contribution in [3.8, 4) is 0 Å². The van der Waals surface area contributed by atoms with Gasteiger partial charge in [-0.1, -0.05) is 13.8 Å². The van der Waals surface area contributed by atoms with Gasteiger partial charge in [-0.15, -0.1) is 0 Å². The maximum absolute atomic E-state index is 11.3. The number of ether oxygens (including phenoxy) is 1. The fraction of sp³-hybridized carbons (Fsp3) is 0.700. The number of rotatable bonds is 4. The molecule has 0 aliphatic rings. The number of nitrogens with zero attached hydrogens (tertiary/aromatic N) is 1. The average Bonchev–Trinajstić information content (AvgIpc) is 2.24. The molecule has 92 valence electrons. The van der Waals surface area contributed by atoms with Crippen molar-refractivity contribution in [1.82, 2.24) is 10.2 Å². The van der Waals surface area contributed by atoms with E-state index < -0.39 is 11.9 Å². The van der Waals surface area contributed by atoms with Gasteiger partial charge in [-0.3, -0.25) is 9.59 Å². The summed E-state index contributed by atoms with van der Waals surface area (Å²) >= 11 is 0. The van der Waals surface area contributed by atoms with Crippen LogP contribution < -0.4 is 5.32 Å². The number of amides is 2. The summed E-state index contributed by atoms with van der Waals surface area (Å²) in [6.45, 7) is 4.31. The molecule has 6 nitrogen and oxygen atoms in total. The van der Waals surface area contributed by atoms with Gasteiger partial charge in [-0.05, 0) is 5.92 Å². The highest BCUT2D eigenvalue weighted by atomic mass is 16.5. The molecule has 1 N–H and O–H groups in total. The lowest BCUT2D eigenvalue weighted by molar-refractivity contribution is -0.157. The normalized spacial score (nSPS) is 9.81. The molecule has 0 spiro atoms. The topological polar surface area (TPSA) is 75.7 Å². The summed E-state index contributed by atoms with van der Waals surface area (Å²) in [7, 11) is 2.49. The van der Waals surface area contributed by atoms with E-state index in [0.29, 0.717) is 12.5 Å². The molecular weight excluding hydrogens is 212 g/mol. The Labute approximate surface area is 94.9 Å². The summed E-state index contributed by atoms with van der Waals surface area (Å²) in [4.78, 5) is 34.4. The van der Waals surface area contributed by atoms with Gasteiger partial charge >= 0.3 is 11.9 Å².